The predicted molar refractivity (Wildman–Crippen MR) is 136 cm³/mol. The van der Waals surface area contributed by atoms with Crippen LogP contribution in [0.15, 0.2) is 96.3 Å². The summed E-state index contributed by atoms with van der Waals surface area (Å²) < 4.78 is 0. The number of aliphatic imine (C=N–C) groups is 1. The van der Waals surface area contributed by atoms with Crippen LogP contribution in [0, 0.1) is 5.92 Å². The summed E-state index contributed by atoms with van der Waals surface area (Å²) in [4.78, 5) is 4.81. The molecule has 0 heterocycles. The molecule has 0 bridgehead atoms. The lowest BCUT2D eigenvalue weighted by Gasteiger charge is -2.17. The molecular formula is C27H26ClN3. The normalized spacial score (nSPS) is 12.7. The zero-order valence-corrected chi connectivity index (χ0v) is 18.6. The number of nitrogens with zero attached hydrogens (tertiary/aromatic N) is 1. The summed E-state index contributed by atoms with van der Waals surface area (Å²) in [6.07, 6.45) is 0.960. The van der Waals surface area contributed by atoms with E-state index in [9.17, 15) is 0 Å². The van der Waals surface area contributed by atoms with Gasteiger partial charge in [0.2, 0.25) is 0 Å². The van der Waals surface area contributed by atoms with Crippen molar-refractivity contribution < 1.29 is 0 Å². The van der Waals surface area contributed by atoms with Gasteiger partial charge in [-0.3, -0.25) is 0 Å². The number of fused-ring (bicyclic) bond motifs is 2. The second-order valence-corrected chi connectivity index (χ2v) is 8.11. The third kappa shape index (κ3) is 4.73. The molecule has 4 heteroatoms. The maximum atomic E-state index is 6.40. The lowest BCUT2D eigenvalue weighted by atomic mass is 10.1. The van der Waals surface area contributed by atoms with Crippen molar-refractivity contribution in [1.82, 2.24) is 0 Å². The Morgan fingerprint density at radius 1 is 0.903 bits per heavy atom. The number of benzene rings is 4. The zero-order valence-electron chi connectivity index (χ0n) is 17.8. The van der Waals surface area contributed by atoms with Crippen molar-refractivity contribution >= 4 is 50.4 Å². The van der Waals surface area contributed by atoms with Crippen molar-refractivity contribution in [2.24, 2.45) is 10.9 Å². The third-order valence-electron chi connectivity index (χ3n) is 5.50. The van der Waals surface area contributed by atoms with Crippen LogP contribution in [0.3, 0.4) is 0 Å². The molecule has 0 fully saturated rings. The lowest BCUT2D eigenvalue weighted by Crippen LogP contribution is -2.21. The predicted octanol–water partition coefficient (Wildman–Crippen LogP) is 8.09. The molecule has 0 aliphatic carbocycles. The second kappa shape index (κ2) is 9.23. The summed E-state index contributed by atoms with van der Waals surface area (Å²) in [6, 6.07) is 26.6. The van der Waals surface area contributed by atoms with Crippen LogP contribution >= 0.6 is 11.6 Å². The fourth-order valence-corrected chi connectivity index (χ4v) is 3.81. The fraction of sp³-hybridized carbons (Fsp3) is 0.148. The van der Waals surface area contributed by atoms with E-state index in [-0.39, 0.29) is 5.92 Å². The number of hydrogen-bond acceptors (Lipinski definition) is 2. The van der Waals surface area contributed by atoms with E-state index in [0.717, 1.165) is 44.8 Å². The average Bonchev–Trinajstić information content (AvgIpc) is 2.79. The Morgan fingerprint density at radius 3 is 2.42 bits per heavy atom. The molecule has 1 unspecified atom stereocenters. The third-order valence-corrected chi connectivity index (χ3v) is 5.83. The Labute approximate surface area is 188 Å². The van der Waals surface area contributed by atoms with Gasteiger partial charge in [-0.1, -0.05) is 86.6 Å². The molecule has 0 aromatic heterocycles. The van der Waals surface area contributed by atoms with Crippen LogP contribution < -0.4 is 10.6 Å². The van der Waals surface area contributed by atoms with Gasteiger partial charge in [0.1, 0.15) is 11.7 Å². The van der Waals surface area contributed by atoms with Gasteiger partial charge in [-0.15, -0.1) is 0 Å². The topological polar surface area (TPSA) is 36.4 Å². The highest BCUT2D eigenvalue weighted by Gasteiger charge is 2.11. The highest BCUT2D eigenvalue weighted by molar-refractivity contribution is 6.35. The van der Waals surface area contributed by atoms with Crippen molar-refractivity contribution in [3.8, 4) is 0 Å². The quantitative estimate of drug-likeness (QED) is 0.241. The molecule has 4 aromatic rings. The molecule has 4 rings (SSSR count). The van der Waals surface area contributed by atoms with Crippen molar-refractivity contribution in [3.05, 3.63) is 96.3 Å². The van der Waals surface area contributed by atoms with Crippen LogP contribution in [0.4, 0.5) is 11.4 Å². The number of anilines is 2. The molecule has 31 heavy (non-hydrogen) atoms. The van der Waals surface area contributed by atoms with Crippen LogP contribution in [0.2, 0.25) is 5.02 Å². The minimum Gasteiger partial charge on any atom is -0.343 e. The van der Waals surface area contributed by atoms with Gasteiger partial charge in [-0.2, -0.15) is 0 Å². The first-order chi connectivity index (χ1) is 15.0. The van der Waals surface area contributed by atoms with E-state index in [2.05, 4.69) is 73.5 Å². The molecule has 2 N–H and O–H groups in total. The first-order valence-electron chi connectivity index (χ1n) is 10.5. The highest BCUT2D eigenvalue weighted by atomic mass is 35.5. The Morgan fingerprint density at radius 2 is 1.61 bits per heavy atom. The second-order valence-electron chi connectivity index (χ2n) is 7.71. The van der Waals surface area contributed by atoms with Crippen LogP contribution in [0.5, 0.6) is 0 Å². The van der Waals surface area contributed by atoms with Crippen LogP contribution in [-0.2, 0) is 0 Å². The Bertz CT molecular complexity index is 1270. The van der Waals surface area contributed by atoms with E-state index in [1.807, 2.05) is 36.4 Å². The minimum atomic E-state index is 0.244. The summed E-state index contributed by atoms with van der Waals surface area (Å²) in [5.74, 6) is 1.71. The van der Waals surface area contributed by atoms with Gasteiger partial charge in [-0.25, -0.2) is 4.99 Å². The summed E-state index contributed by atoms with van der Waals surface area (Å²) in [6.45, 7) is 8.47. The summed E-state index contributed by atoms with van der Waals surface area (Å²) >= 11 is 6.40. The molecule has 0 spiro atoms. The van der Waals surface area contributed by atoms with Gasteiger partial charge in [0.25, 0.3) is 0 Å². The number of hydrogen-bond donors (Lipinski definition) is 2. The maximum absolute atomic E-state index is 6.40. The first-order valence-corrected chi connectivity index (χ1v) is 10.9. The van der Waals surface area contributed by atoms with E-state index in [1.54, 1.807) is 0 Å². The van der Waals surface area contributed by atoms with E-state index in [1.165, 1.54) is 5.39 Å². The minimum absolute atomic E-state index is 0.244. The van der Waals surface area contributed by atoms with Gasteiger partial charge in [0.15, 0.2) is 0 Å². The van der Waals surface area contributed by atoms with Crippen molar-refractivity contribution in [3.63, 3.8) is 0 Å². The lowest BCUT2D eigenvalue weighted by molar-refractivity contribution is 0.736. The molecule has 156 valence electrons. The monoisotopic (exact) mass is 427 g/mol. The number of amidine groups is 1. The van der Waals surface area contributed by atoms with Crippen LogP contribution in [-0.4, -0.2) is 5.84 Å². The number of rotatable bonds is 6. The van der Waals surface area contributed by atoms with Gasteiger partial charge in [-0.05, 0) is 41.5 Å². The van der Waals surface area contributed by atoms with Crippen molar-refractivity contribution in [1.29, 1.82) is 0 Å². The van der Waals surface area contributed by atoms with Gasteiger partial charge in [0.05, 0.1) is 0 Å². The molecule has 0 amide bonds. The SMILES string of the molecule is C=C(/N=C(/Nc1ccc2cccc(Cl)c2c1)C(C)CC)Nc1cccc2ccccc12. The van der Waals surface area contributed by atoms with Crippen LogP contribution in [0.1, 0.15) is 20.3 Å². The largest absolute Gasteiger partial charge is 0.343 e. The maximum Gasteiger partial charge on any atom is 0.125 e. The average molecular weight is 428 g/mol. The Balaban J connectivity index is 1.61. The molecule has 0 radical (unpaired) electrons. The summed E-state index contributed by atoms with van der Waals surface area (Å²) in [5.41, 5.74) is 1.95. The molecule has 4 aromatic carbocycles. The zero-order chi connectivity index (χ0) is 21.8. The van der Waals surface area contributed by atoms with Gasteiger partial charge < -0.3 is 10.6 Å². The fourth-order valence-electron chi connectivity index (χ4n) is 3.58. The summed E-state index contributed by atoms with van der Waals surface area (Å²) in [5, 5.41) is 12.1. The van der Waals surface area contributed by atoms with E-state index in [0.29, 0.717) is 5.82 Å². The Kier molecular flexibility index (Phi) is 6.24. The van der Waals surface area contributed by atoms with Gasteiger partial charge >= 0.3 is 0 Å². The van der Waals surface area contributed by atoms with Crippen LogP contribution in [0.25, 0.3) is 21.5 Å². The van der Waals surface area contributed by atoms with E-state index >= 15 is 0 Å². The molecule has 0 saturated carbocycles. The molecule has 1 atom stereocenters. The van der Waals surface area contributed by atoms with Crippen molar-refractivity contribution in [2.45, 2.75) is 20.3 Å². The molecule has 0 aliphatic rings. The van der Waals surface area contributed by atoms with Crippen molar-refractivity contribution in [2.75, 3.05) is 10.6 Å². The smallest absolute Gasteiger partial charge is 0.125 e. The molecule has 3 nitrogen and oxygen atoms in total. The molecule has 0 saturated heterocycles. The number of nitrogens with one attached hydrogen (secondary N) is 2. The highest BCUT2D eigenvalue weighted by Crippen LogP contribution is 2.27. The Hall–Kier alpha value is -3.30. The standard InChI is InChI=1S/C27H26ClN3/c1-4-18(2)27(31-22-16-15-21-10-7-13-25(28)24(21)17-22)30-19(3)29-26-14-8-11-20-9-5-6-12-23(20)26/h5-18,29H,3-4H2,1-2H3,(H,30,31). The van der Waals surface area contributed by atoms with E-state index in [4.69, 9.17) is 16.6 Å². The molecular weight excluding hydrogens is 402 g/mol. The summed E-state index contributed by atoms with van der Waals surface area (Å²) in [7, 11) is 0. The number of halogens is 1. The molecule has 0 aliphatic heterocycles. The first kappa shape index (κ1) is 21.0. The van der Waals surface area contributed by atoms with E-state index < -0.39 is 0 Å². The van der Waals surface area contributed by atoms with Gasteiger partial charge in [0, 0.05) is 33.1 Å².